The Hall–Kier alpha value is -1.74. The first-order valence-corrected chi connectivity index (χ1v) is 7.90. The van der Waals surface area contributed by atoms with Crippen molar-refractivity contribution in [2.24, 2.45) is 0 Å². The molecule has 20 heavy (non-hydrogen) atoms. The van der Waals surface area contributed by atoms with Crippen LogP contribution in [0.2, 0.25) is 0 Å². The quantitative estimate of drug-likeness (QED) is 0.836. The van der Waals surface area contributed by atoms with Gasteiger partial charge in [0.25, 0.3) is 0 Å². The van der Waals surface area contributed by atoms with E-state index in [1.54, 1.807) is 16.7 Å². The molecule has 0 aromatic heterocycles. The lowest BCUT2D eigenvalue weighted by molar-refractivity contribution is -0.117. The van der Waals surface area contributed by atoms with Crippen LogP contribution in [0, 0.1) is 0 Å². The molecule has 2 aromatic carbocycles. The number of thioether (sulfide) groups is 1. The Morgan fingerprint density at radius 1 is 1.05 bits per heavy atom. The zero-order chi connectivity index (χ0) is 14.4. The number of hydrogen-bond acceptors (Lipinski definition) is 2. The van der Waals surface area contributed by atoms with Crippen LogP contribution in [0.25, 0.3) is 0 Å². The lowest BCUT2D eigenvalue weighted by Crippen LogP contribution is -2.35. The lowest BCUT2D eigenvalue weighted by atomic mass is 10.1. The average Bonchev–Trinajstić information content (AvgIpc) is 2.53. The molecule has 2 aromatic rings. The van der Waals surface area contributed by atoms with Gasteiger partial charge < -0.3 is 4.90 Å². The first-order chi connectivity index (χ1) is 9.72. The molecule has 0 spiro atoms. The molecule has 2 rings (SSSR count). The largest absolute Gasteiger partial charge is 0.315 e. The Bertz CT molecular complexity index is 541. The van der Waals surface area contributed by atoms with Gasteiger partial charge in [0, 0.05) is 12.7 Å². The smallest absolute Gasteiger partial charge is 0.240 e. The molecule has 0 aliphatic heterocycles. The molecule has 1 atom stereocenters. The molecule has 0 aliphatic carbocycles. The lowest BCUT2D eigenvalue weighted by Gasteiger charge is -2.22. The Labute approximate surface area is 124 Å². The summed E-state index contributed by atoms with van der Waals surface area (Å²) in [5.41, 5.74) is 2.13. The Morgan fingerprint density at radius 2 is 1.60 bits per heavy atom. The van der Waals surface area contributed by atoms with Gasteiger partial charge in [-0.2, -0.15) is 11.8 Å². The van der Waals surface area contributed by atoms with Crippen molar-refractivity contribution in [1.82, 2.24) is 0 Å². The minimum atomic E-state index is -0.0531. The van der Waals surface area contributed by atoms with Gasteiger partial charge in [-0.25, -0.2) is 0 Å². The van der Waals surface area contributed by atoms with Gasteiger partial charge >= 0.3 is 0 Å². The summed E-state index contributed by atoms with van der Waals surface area (Å²) in [6, 6.07) is 19.9. The first-order valence-electron chi connectivity index (χ1n) is 6.61. The number of amides is 1. The van der Waals surface area contributed by atoms with Gasteiger partial charge in [0.15, 0.2) is 0 Å². The van der Waals surface area contributed by atoms with E-state index in [4.69, 9.17) is 0 Å². The predicted octanol–water partition coefficient (Wildman–Crippen LogP) is 3.62. The molecule has 1 amide bonds. The third kappa shape index (κ3) is 3.64. The molecule has 0 saturated heterocycles. The highest BCUT2D eigenvalue weighted by atomic mass is 32.2. The van der Waals surface area contributed by atoms with E-state index in [1.165, 1.54) is 5.56 Å². The van der Waals surface area contributed by atoms with Crippen LogP contribution in [0.15, 0.2) is 60.7 Å². The number of anilines is 1. The van der Waals surface area contributed by atoms with Gasteiger partial charge in [0.05, 0.1) is 5.25 Å². The standard InChI is InChI=1S/C17H19NOS/c1-18(15-11-7-4-8-12-15)17(19)16(20-2)13-14-9-5-3-6-10-14/h3-12,16H,13H2,1-2H3. The van der Waals surface area contributed by atoms with E-state index in [2.05, 4.69) is 12.1 Å². The maximum Gasteiger partial charge on any atom is 0.240 e. The topological polar surface area (TPSA) is 20.3 Å². The van der Waals surface area contributed by atoms with Crippen molar-refractivity contribution < 1.29 is 4.79 Å². The number of rotatable bonds is 5. The van der Waals surface area contributed by atoms with E-state index in [0.717, 1.165) is 12.1 Å². The van der Waals surface area contributed by atoms with Gasteiger partial charge in [-0.3, -0.25) is 4.79 Å². The molecule has 0 fully saturated rings. The third-order valence-electron chi connectivity index (χ3n) is 3.30. The van der Waals surface area contributed by atoms with Gasteiger partial charge in [-0.05, 0) is 30.4 Å². The van der Waals surface area contributed by atoms with E-state index < -0.39 is 0 Å². The van der Waals surface area contributed by atoms with Crippen molar-refractivity contribution in [2.75, 3.05) is 18.2 Å². The van der Waals surface area contributed by atoms with Gasteiger partial charge in [0.2, 0.25) is 5.91 Å². The van der Waals surface area contributed by atoms with Crippen molar-refractivity contribution in [3.63, 3.8) is 0 Å². The van der Waals surface area contributed by atoms with E-state index in [9.17, 15) is 4.79 Å². The fraction of sp³-hybridized carbons (Fsp3) is 0.235. The zero-order valence-electron chi connectivity index (χ0n) is 11.8. The normalized spacial score (nSPS) is 11.9. The van der Waals surface area contributed by atoms with Crippen molar-refractivity contribution in [2.45, 2.75) is 11.7 Å². The Morgan fingerprint density at radius 3 is 2.15 bits per heavy atom. The summed E-state index contributed by atoms with van der Waals surface area (Å²) in [6.45, 7) is 0. The minimum Gasteiger partial charge on any atom is -0.315 e. The molecule has 0 saturated carbocycles. The summed E-state index contributed by atoms with van der Waals surface area (Å²) < 4.78 is 0. The van der Waals surface area contributed by atoms with E-state index in [0.29, 0.717) is 0 Å². The number of hydrogen-bond donors (Lipinski definition) is 0. The summed E-state index contributed by atoms with van der Waals surface area (Å²) in [5.74, 6) is 0.146. The van der Waals surface area contributed by atoms with Gasteiger partial charge in [-0.15, -0.1) is 0 Å². The second kappa shape index (κ2) is 7.15. The summed E-state index contributed by atoms with van der Waals surface area (Å²) in [5, 5.41) is -0.0531. The Kier molecular flexibility index (Phi) is 5.24. The first kappa shape index (κ1) is 14.7. The third-order valence-corrected chi connectivity index (χ3v) is 4.24. The summed E-state index contributed by atoms with van der Waals surface area (Å²) in [6.07, 6.45) is 2.75. The van der Waals surface area contributed by atoms with Crippen molar-refractivity contribution >= 4 is 23.4 Å². The van der Waals surface area contributed by atoms with E-state index in [1.807, 2.05) is 61.8 Å². The molecule has 0 N–H and O–H groups in total. The van der Waals surface area contributed by atoms with E-state index in [-0.39, 0.29) is 11.2 Å². The van der Waals surface area contributed by atoms with Crippen LogP contribution in [0.5, 0.6) is 0 Å². The molecule has 0 bridgehead atoms. The number of benzene rings is 2. The second-order valence-corrected chi connectivity index (χ2v) is 5.69. The monoisotopic (exact) mass is 285 g/mol. The maximum atomic E-state index is 12.6. The van der Waals surface area contributed by atoms with Crippen LogP contribution < -0.4 is 4.90 Å². The van der Waals surface area contributed by atoms with E-state index >= 15 is 0 Å². The van der Waals surface area contributed by atoms with Crippen LogP contribution >= 0.6 is 11.8 Å². The molecule has 1 unspecified atom stereocenters. The molecular formula is C17H19NOS. The maximum absolute atomic E-state index is 12.6. The highest BCUT2D eigenvalue weighted by Crippen LogP contribution is 2.20. The van der Waals surface area contributed by atoms with Crippen molar-refractivity contribution in [3.8, 4) is 0 Å². The Balaban J connectivity index is 2.09. The van der Waals surface area contributed by atoms with Gasteiger partial charge in [0.1, 0.15) is 0 Å². The predicted molar refractivity (Wildman–Crippen MR) is 87.3 cm³/mol. The molecular weight excluding hydrogens is 266 g/mol. The number of nitrogens with zero attached hydrogens (tertiary/aromatic N) is 1. The fourth-order valence-electron chi connectivity index (χ4n) is 2.09. The highest BCUT2D eigenvalue weighted by molar-refractivity contribution is 7.99. The summed E-state index contributed by atoms with van der Waals surface area (Å²) >= 11 is 1.60. The van der Waals surface area contributed by atoms with Crippen molar-refractivity contribution in [1.29, 1.82) is 0 Å². The number of carbonyl (C=O) groups is 1. The van der Waals surface area contributed by atoms with Crippen LogP contribution in [0.4, 0.5) is 5.69 Å². The van der Waals surface area contributed by atoms with Crippen LogP contribution in [0.3, 0.4) is 0 Å². The van der Waals surface area contributed by atoms with Crippen LogP contribution in [-0.4, -0.2) is 24.5 Å². The molecule has 3 heteroatoms. The molecule has 104 valence electrons. The minimum absolute atomic E-state index is 0.0531. The molecule has 0 aliphatic rings. The number of para-hydroxylation sites is 1. The summed E-state index contributed by atoms with van der Waals surface area (Å²) in [4.78, 5) is 14.3. The van der Waals surface area contributed by atoms with Gasteiger partial charge in [-0.1, -0.05) is 48.5 Å². The second-order valence-electron chi connectivity index (χ2n) is 4.65. The zero-order valence-corrected chi connectivity index (χ0v) is 12.6. The fourth-order valence-corrected chi connectivity index (χ4v) is 2.81. The SMILES string of the molecule is CSC(Cc1ccccc1)C(=O)N(C)c1ccccc1. The van der Waals surface area contributed by atoms with Crippen LogP contribution in [0.1, 0.15) is 5.56 Å². The van der Waals surface area contributed by atoms with Crippen molar-refractivity contribution in [3.05, 3.63) is 66.2 Å². The number of carbonyl (C=O) groups excluding carboxylic acids is 1. The highest BCUT2D eigenvalue weighted by Gasteiger charge is 2.22. The average molecular weight is 285 g/mol. The molecule has 2 nitrogen and oxygen atoms in total. The van der Waals surface area contributed by atoms with Crippen LogP contribution in [-0.2, 0) is 11.2 Å². The summed E-state index contributed by atoms with van der Waals surface area (Å²) in [7, 11) is 1.84. The molecule has 0 radical (unpaired) electrons. The molecule has 0 heterocycles.